The molecule has 0 aliphatic heterocycles. The number of hydrogen-bond acceptors (Lipinski definition) is 3. The van der Waals surface area contributed by atoms with Gasteiger partial charge in [-0.25, -0.2) is 5.10 Å². The second-order valence-electron chi connectivity index (χ2n) is 5.51. The number of rotatable bonds is 3. The Bertz CT molecular complexity index is 427. The minimum Gasteiger partial charge on any atom is -0.310 e. The van der Waals surface area contributed by atoms with Crippen molar-refractivity contribution in [3.8, 4) is 0 Å². The van der Waals surface area contributed by atoms with Crippen LogP contribution >= 0.6 is 0 Å². The predicted octanol–water partition coefficient (Wildman–Crippen LogP) is 1.32. The largest absolute Gasteiger partial charge is 0.310 e. The molecular formula is C12H19N3O. The van der Waals surface area contributed by atoms with Crippen LogP contribution in [0, 0.1) is 0 Å². The topological polar surface area (TPSA) is 57.8 Å². The van der Waals surface area contributed by atoms with Gasteiger partial charge in [0.05, 0.1) is 5.69 Å². The molecule has 0 atom stereocenters. The van der Waals surface area contributed by atoms with Gasteiger partial charge in [0, 0.05) is 23.6 Å². The number of aromatic nitrogens is 2. The maximum Gasteiger partial charge on any atom is 0.268 e. The van der Waals surface area contributed by atoms with E-state index in [9.17, 15) is 4.79 Å². The molecule has 1 saturated carbocycles. The lowest BCUT2D eigenvalue weighted by Gasteiger charge is -2.17. The Hall–Kier alpha value is -1.16. The average Bonchev–Trinajstić information content (AvgIpc) is 2.98. The molecule has 0 bridgehead atoms. The Morgan fingerprint density at radius 1 is 1.50 bits per heavy atom. The molecule has 0 amide bonds. The van der Waals surface area contributed by atoms with Crippen LogP contribution in [0.3, 0.4) is 0 Å². The summed E-state index contributed by atoms with van der Waals surface area (Å²) in [6.45, 7) is 6.91. The highest BCUT2D eigenvalue weighted by molar-refractivity contribution is 5.18. The monoisotopic (exact) mass is 221 g/mol. The van der Waals surface area contributed by atoms with E-state index in [0.29, 0.717) is 12.6 Å². The van der Waals surface area contributed by atoms with Gasteiger partial charge in [-0.05, 0) is 18.9 Å². The number of H-pyrrole nitrogens is 1. The highest BCUT2D eigenvalue weighted by atomic mass is 16.1. The summed E-state index contributed by atoms with van der Waals surface area (Å²) in [7, 11) is 0. The van der Waals surface area contributed by atoms with Crippen molar-refractivity contribution in [1.29, 1.82) is 0 Å². The zero-order valence-electron chi connectivity index (χ0n) is 10.1. The second-order valence-corrected chi connectivity index (χ2v) is 5.51. The lowest BCUT2D eigenvalue weighted by atomic mass is 9.91. The van der Waals surface area contributed by atoms with Gasteiger partial charge in [-0.2, -0.15) is 5.10 Å². The molecule has 1 aromatic rings. The molecule has 88 valence electrons. The summed E-state index contributed by atoms with van der Waals surface area (Å²) in [5.74, 6) is 0. The summed E-state index contributed by atoms with van der Waals surface area (Å²) >= 11 is 0. The Morgan fingerprint density at radius 2 is 2.19 bits per heavy atom. The fourth-order valence-electron chi connectivity index (χ4n) is 1.50. The quantitative estimate of drug-likeness (QED) is 0.809. The molecular weight excluding hydrogens is 202 g/mol. The molecule has 0 saturated heterocycles. The van der Waals surface area contributed by atoms with Gasteiger partial charge in [-0.1, -0.05) is 20.8 Å². The van der Waals surface area contributed by atoms with Crippen molar-refractivity contribution < 1.29 is 0 Å². The first-order valence-electron chi connectivity index (χ1n) is 5.79. The van der Waals surface area contributed by atoms with E-state index in [1.54, 1.807) is 0 Å². The molecule has 1 heterocycles. The predicted molar refractivity (Wildman–Crippen MR) is 63.4 cm³/mol. The third-order valence-corrected chi connectivity index (χ3v) is 2.81. The van der Waals surface area contributed by atoms with Crippen molar-refractivity contribution in [2.75, 3.05) is 0 Å². The van der Waals surface area contributed by atoms with Gasteiger partial charge in [-0.15, -0.1) is 0 Å². The van der Waals surface area contributed by atoms with E-state index < -0.39 is 0 Å². The molecule has 0 spiro atoms. The molecule has 1 aliphatic rings. The first-order valence-corrected chi connectivity index (χ1v) is 5.79. The summed E-state index contributed by atoms with van der Waals surface area (Å²) in [4.78, 5) is 11.6. The van der Waals surface area contributed by atoms with Crippen molar-refractivity contribution in [2.45, 2.75) is 51.6 Å². The Labute approximate surface area is 95.5 Å². The van der Waals surface area contributed by atoms with Gasteiger partial charge in [0.25, 0.3) is 5.56 Å². The van der Waals surface area contributed by atoms with Gasteiger partial charge < -0.3 is 5.32 Å². The van der Waals surface area contributed by atoms with Crippen molar-refractivity contribution in [3.63, 3.8) is 0 Å². The molecule has 1 aliphatic carbocycles. The number of aromatic amines is 1. The molecule has 1 aromatic heterocycles. The summed E-state index contributed by atoms with van der Waals surface area (Å²) in [5.41, 5.74) is 1.60. The Kier molecular flexibility index (Phi) is 2.84. The van der Waals surface area contributed by atoms with Crippen molar-refractivity contribution in [1.82, 2.24) is 15.5 Å². The minimum absolute atomic E-state index is 0.0292. The molecule has 4 nitrogen and oxygen atoms in total. The number of hydrogen-bond donors (Lipinski definition) is 2. The van der Waals surface area contributed by atoms with E-state index in [4.69, 9.17) is 0 Å². The summed E-state index contributed by atoms with van der Waals surface area (Å²) in [5, 5.41) is 10.0. The van der Waals surface area contributed by atoms with Crippen LogP contribution < -0.4 is 10.9 Å². The zero-order chi connectivity index (χ0) is 11.8. The second kappa shape index (κ2) is 4.01. The van der Waals surface area contributed by atoms with Crippen molar-refractivity contribution in [2.24, 2.45) is 0 Å². The highest BCUT2D eigenvalue weighted by Gasteiger charge is 2.21. The molecule has 0 aromatic carbocycles. The smallest absolute Gasteiger partial charge is 0.268 e. The maximum atomic E-state index is 11.6. The average molecular weight is 221 g/mol. The van der Waals surface area contributed by atoms with Crippen LogP contribution in [-0.4, -0.2) is 16.2 Å². The van der Waals surface area contributed by atoms with Crippen LogP contribution in [0.4, 0.5) is 0 Å². The summed E-state index contributed by atoms with van der Waals surface area (Å²) in [6.07, 6.45) is 2.46. The Balaban J connectivity index is 2.18. The van der Waals surface area contributed by atoms with E-state index >= 15 is 0 Å². The van der Waals surface area contributed by atoms with E-state index in [1.165, 1.54) is 12.8 Å². The molecule has 16 heavy (non-hydrogen) atoms. The first kappa shape index (κ1) is 11.3. The van der Waals surface area contributed by atoms with Gasteiger partial charge in [0.2, 0.25) is 0 Å². The number of nitrogens with one attached hydrogen (secondary N) is 2. The third-order valence-electron chi connectivity index (χ3n) is 2.81. The van der Waals surface area contributed by atoms with Crippen molar-refractivity contribution >= 4 is 0 Å². The third kappa shape index (κ3) is 2.70. The highest BCUT2D eigenvalue weighted by Crippen LogP contribution is 2.20. The fraction of sp³-hybridized carbons (Fsp3) is 0.667. The minimum atomic E-state index is -0.0823. The molecule has 0 unspecified atom stereocenters. The van der Waals surface area contributed by atoms with Crippen LogP contribution in [0.2, 0.25) is 0 Å². The van der Waals surface area contributed by atoms with Crippen LogP contribution in [0.25, 0.3) is 0 Å². The van der Waals surface area contributed by atoms with Gasteiger partial charge in [0.15, 0.2) is 0 Å². The molecule has 4 heteroatoms. The SMILES string of the molecule is CC(C)(C)c1cc(CNC2CC2)c(=O)[nH]n1. The molecule has 0 radical (unpaired) electrons. The lowest BCUT2D eigenvalue weighted by molar-refractivity contribution is 0.552. The van der Waals surface area contributed by atoms with Crippen molar-refractivity contribution in [3.05, 3.63) is 27.7 Å². The summed E-state index contributed by atoms with van der Waals surface area (Å²) < 4.78 is 0. The van der Waals surface area contributed by atoms with E-state index in [2.05, 4.69) is 36.3 Å². The lowest BCUT2D eigenvalue weighted by Crippen LogP contribution is -2.26. The van der Waals surface area contributed by atoms with Crippen LogP contribution in [0.1, 0.15) is 44.9 Å². The van der Waals surface area contributed by atoms with Crippen LogP contribution in [-0.2, 0) is 12.0 Å². The summed E-state index contributed by atoms with van der Waals surface area (Å²) in [6, 6.07) is 2.53. The van der Waals surface area contributed by atoms with Gasteiger partial charge >= 0.3 is 0 Å². The van der Waals surface area contributed by atoms with E-state index in [0.717, 1.165) is 11.3 Å². The van der Waals surface area contributed by atoms with E-state index in [1.807, 2.05) is 6.07 Å². The maximum absolute atomic E-state index is 11.6. The first-order chi connectivity index (χ1) is 7.47. The normalized spacial score (nSPS) is 16.4. The molecule has 2 rings (SSSR count). The Morgan fingerprint density at radius 3 is 2.75 bits per heavy atom. The fourth-order valence-corrected chi connectivity index (χ4v) is 1.50. The van der Waals surface area contributed by atoms with Crippen LogP contribution in [0.5, 0.6) is 0 Å². The standard InChI is InChI=1S/C12H19N3O/c1-12(2,3)10-6-8(11(16)15-14-10)7-13-9-4-5-9/h6,9,13H,4-5,7H2,1-3H3,(H,15,16). The zero-order valence-corrected chi connectivity index (χ0v) is 10.1. The van der Waals surface area contributed by atoms with Gasteiger partial charge in [0.1, 0.15) is 0 Å². The van der Waals surface area contributed by atoms with Crippen LogP contribution in [0.15, 0.2) is 10.9 Å². The molecule has 1 fully saturated rings. The van der Waals surface area contributed by atoms with E-state index in [-0.39, 0.29) is 11.0 Å². The number of nitrogens with zero attached hydrogens (tertiary/aromatic N) is 1. The van der Waals surface area contributed by atoms with Gasteiger partial charge in [-0.3, -0.25) is 4.79 Å². The molecule has 2 N–H and O–H groups in total.